The molecule has 0 aliphatic heterocycles. The van der Waals surface area contributed by atoms with Crippen molar-refractivity contribution in [2.24, 2.45) is 0 Å². The van der Waals surface area contributed by atoms with Gasteiger partial charge in [-0.3, -0.25) is 9.97 Å². The van der Waals surface area contributed by atoms with Crippen LogP contribution in [0, 0.1) is 6.92 Å². The number of nitrogens with zero attached hydrogens (tertiary/aromatic N) is 2. The second-order valence-electron chi connectivity index (χ2n) is 4.90. The van der Waals surface area contributed by atoms with Crippen LogP contribution in [0.1, 0.15) is 22.7 Å². The zero-order valence-corrected chi connectivity index (χ0v) is 11.7. The lowest BCUT2D eigenvalue weighted by Gasteiger charge is -2.20. The van der Waals surface area contributed by atoms with Crippen LogP contribution in [-0.2, 0) is 0 Å². The van der Waals surface area contributed by atoms with Crippen molar-refractivity contribution in [3.63, 3.8) is 0 Å². The molecule has 0 aliphatic carbocycles. The molecule has 1 aromatic carbocycles. The number of aryl methyl sites for hydroxylation is 1. The molecular formula is C17H17N3. The van der Waals surface area contributed by atoms with E-state index in [0.29, 0.717) is 0 Å². The van der Waals surface area contributed by atoms with E-state index in [9.17, 15) is 0 Å². The van der Waals surface area contributed by atoms with Crippen molar-refractivity contribution in [2.45, 2.75) is 13.0 Å². The first-order chi connectivity index (χ1) is 9.81. The molecule has 1 atom stereocenters. The highest BCUT2D eigenvalue weighted by Crippen LogP contribution is 2.29. The van der Waals surface area contributed by atoms with Gasteiger partial charge in [-0.1, -0.05) is 18.2 Å². The Morgan fingerprint density at radius 1 is 0.950 bits per heavy atom. The normalized spacial score (nSPS) is 12.5. The fraction of sp³-hybridized carbons (Fsp3) is 0.176. The Balaban J connectivity index is 2.20. The maximum atomic E-state index is 4.20. The molecule has 2 aromatic heterocycles. The van der Waals surface area contributed by atoms with E-state index in [2.05, 4.69) is 52.5 Å². The molecule has 2 heterocycles. The molecule has 3 aromatic rings. The number of benzene rings is 1. The topological polar surface area (TPSA) is 37.8 Å². The van der Waals surface area contributed by atoms with Gasteiger partial charge in [-0.15, -0.1) is 0 Å². The molecule has 3 heteroatoms. The zero-order chi connectivity index (χ0) is 13.9. The summed E-state index contributed by atoms with van der Waals surface area (Å²) in [4.78, 5) is 8.38. The molecule has 0 amide bonds. The van der Waals surface area contributed by atoms with Crippen LogP contribution in [0.5, 0.6) is 0 Å². The molecule has 20 heavy (non-hydrogen) atoms. The van der Waals surface area contributed by atoms with Gasteiger partial charge in [-0.05, 0) is 48.2 Å². The van der Waals surface area contributed by atoms with Gasteiger partial charge in [0.2, 0.25) is 0 Å². The number of nitrogens with one attached hydrogen (secondary N) is 1. The maximum absolute atomic E-state index is 4.20. The predicted octanol–water partition coefficient (Wildman–Crippen LogP) is 3.25. The first-order valence-corrected chi connectivity index (χ1v) is 6.71. The van der Waals surface area contributed by atoms with Crippen molar-refractivity contribution in [2.75, 3.05) is 7.05 Å². The minimum Gasteiger partial charge on any atom is -0.309 e. The third-order valence-electron chi connectivity index (χ3n) is 3.69. The quantitative estimate of drug-likeness (QED) is 0.788. The van der Waals surface area contributed by atoms with Crippen LogP contribution in [-0.4, -0.2) is 17.0 Å². The third kappa shape index (κ3) is 2.17. The van der Waals surface area contributed by atoms with Gasteiger partial charge in [-0.25, -0.2) is 0 Å². The number of aromatic nitrogens is 2. The number of rotatable bonds is 3. The van der Waals surface area contributed by atoms with Gasteiger partial charge in [-0.2, -0.15) is 0 Å². The van der Waals surface area contributed by atoms with Crippen molar-refractivity contribution in [3.05, 3.63) is 71.8 Å². The molecule has 0 spiro atoms. The zero-order valence-electron chi connectivity index (χ0n) is 11.7. The Labute approximate surface area is 118 Å². The standard InChI is InChI=1S/C17H17N3/c1-12-10-19-8-6-14(12)17(18-2)16-5-3-4-13-11-20-9-7-15(13)16/h3-11,17-18H,1-2H3. The van der Waals surface area contributed by atoms with Gasteiger partial charge >= 0.3 is 0 Å². The molecule has 0 fully saturated rings. The molecular weight excluding hydrogens is 246 g/mol. The fourth-order valence-electron chi connectivity index (χ4n) is 2.69. The van der Waals surface area contributed by atoms with Gasteiger partial charge in [0, 0.05) is 30.2 Å². The smallest absolute Gasteiger partial charge is 0.0584 e. The highest BCUT2D eigenvalue weighted by Gasteiger charge is 2.16. The van der Waals surface area contributed by atoms with Crippen LogP contribution < -0.4 is 5.32 Å². The Hall–Kier alpha value is -2.26. The molecule has 0 aliphatic rings. The first kappa shape index (κ1) is 12.8. The maximum Gasteiger partial charge on any atom is 0.0584 e. The van der Waals surface area contributed by atoms with E-state index in [1.165, 1.54) is 22.1 Å². The fourth-order valence-corrected chi connectivity index (χ4v) is 2.69. The van der Waals surface area contributed by atoms with Crippen LogP contribution in [0.3, 0.4) is 0 Å². The van der Waals surface area contributed by atoms with E-state index in [-0.39, 0.29) is 6.04 Å². The molecule has 1 unspecified atom stereocenters. The van der Waals surface area contributed by atoms with E-state index in [1.807, 2.05) is 31.8 Å². The second kappa shape index (κ2) is 5.39. The van der Waals surface area contributed by atoms with Crippen molar-refractivity contribution >= 4 is 10.8 Å². The van der Waals surface area contributed by atoms with Gasteiger partial charge in [0.1, 0.15) is 0 Å². The lowest BCUT2D eigenvalue weighted by atomic mass is 9.93. The van der Waals surface area contributed by atoms with Crippen molar-refractivity contribution in [1.29, 1.82) is 0 Å². The Morgan fingerprint density at radius 3 is 2.55 bits per heavy atom. The predicted molar refractivity (Wildman–Crippen MR) is 81.6 cm³/mol. The summed E-state index contributed by atoms with van der Waals surface area (Å²) < 4.78 is 0. The number of fused-ring (bicyclic) bond motifs is 1. The minimum atomic E-state index is 0.157. The molecule has 100 valence electrons. The molecule has 3 nitrogen and oxygen atoms in total. The van der Waals surface area contributed by atoms with Crippen LogP contribution in [0.25, 0.3) is 10.8 Å². The van der Waals surface area contributed by atoms with E-state index in [4.69, 9.17) is 0 Å². The lowest BCUT2D eigenvalue weighted by molar-refractivity contribution is 0.691. The Kier molecular flexibility index (Phi) is 3.44. The molecule has 0 saturated heterocycles. The minimum absolute atomic E-state index is 0.157. The van der Waals surface area contributed by atoms with Crippen LogP contribution in [0.4, 0.5) is 0 Å². The number of pyridine rings is 2. The van der Waals surface area contributed by atoms with Gasteiger partial charge in [0.15, 0.2) is 0 Å². The van der Waals surface area contributed by atoms with Gasteiger partial charge < -0.3 is 5.32 Å². The molecule has 0 saturated carbocycles. The number of hydrogen-bond donors (Lipinski definition) is 1. The largest absolute Gasteiger partial charge is 0.309 e. The SMILES string of the molecule is CNC(c1ccncc1C)c1cccc2cnccc12. The summed E-state index contributed by atoms with van der Waals surface area (Å²) in [5.74, 6) is 0. The average molecular weight is 263 g/mol. The van der Waals surface area contributed by atoms with Crippen LogP contribution in [0.15, 0.2) is 55.1 Å². The summed E-state index contributed by atoms with van der Waals surface area (Å²) >= 11 is 0. The van der Waals surface area contributed by atoms with Crippen molar-refractivity contribution < 1.29 is 0 Å². The second-order valence-corrected chi connectivity index (χ2v) is 4.90. The van der Waals surface area contributed by atoms with Crippen LogP contribution >= 0.6 is 0 Å². The van der Waals surface area contributed by atoms with Crippen molar-refractivity contribution in [3.8, 4) is 0 Å². The summed E-state index contributed by atoms with van der Waals surface area (Å²) in [5.41, 5.74) is 3.71. The Morgan fingerprint density at radius 2 is 1.75 bits per heavy atom. The van der Waals surface area contributed by atoms with E-state index >= 15 is 0 Å². The Bertz CT molecular complexity index is 732. The summed E-state index contributed by atoms with van der Waals surface area (Å²) in [5, 5.41) is 5.82. The lowest BCUT2D eigenvalue weighted by Crippen LogP contribution is -2.19. The molecule has 3 rings (SSSR count). The summed E-state index contributed by atoms with van der Waals surface area (Å²) in [6.45, 7) is 2.10. The van der Waals surface area contributed by atoms with Gasteiger partial charge in [0.25, 0.3) is 0 Å². The van der Waals surface area contributed by atoms with E-state index in [0.717, 1.165) is 5.39 Å². The molecule has 0 bridgehead atoms. The van der Waals surface area contributed by atoms with Crippen molar-refractivity contribution in [1.82, 2.24) is 15.3 Å². The highest BCUT2D eigenvalue weighted by molar-refractivity contribution is 5.85. The van der Waals surface area contributed by atoms with Crippen LogP contribution in [0.2, 0.25) is 0 Å². The van der Waals surface area contributed by atoms with E-state index < -0.39 is 0 Å². The summed E-state index contributed by atoms with van der Waals surface area (Å²) in [6.07, 6.45) is 7.51. The molecule has 1 N–H and O–H groups in total. The van der Waals surface area contributed by atoms with Gasteiger partial charge in [0.05, 0.1) is 6.04 Å². The third-order valence-corrected chi connectivity index (χ3v) is 3.69. The average Bonchev–Trinajstić information content (AvgIpc) is 2.50. The van der Waals surface area contributed by atoms with E-state index in [1.54, 1.807) is 0 Å². The first-order valence-electron chi connectivity index (χ1n) is 6.71. The summed E-state index contributed by atoms with van der Waals surface area (Å²) in [7, 11) is 1.99. The highest BCUT2D eigenvalue weighted by atomic mass is 14.9. The monoisotopic (exact) mass is 263 g/mol. The summed E-state index contributed by atoms with van der Waals surface area (Å²) in [6, 6.07) is 10.7. The molecule has 0 radical (unpaired) electrons. The number of hydrogen-bond acceptors (Lipinski definition) is 3.